The molecule has 7 heteroatoms. The molecule has 3 saturated heterocycles. The van der Waals surface area contributed by atoms with Crippen LogP contribution in [0.25, 0.3) is 0 Å². The molecule has 0 unspecified atom stereocenters. The fourth-order valence-electron chi connectivity index (χ4n) is 4.86. The number of fused-ring (bicyclic) bond motifs is 1. The Hall–Kier alpha value is -1.60. The summed E-state index contributed by atoms with van der Waals surface area (Å²) in [7, 11) is 0. The minimum Gasteiger partial charge on any atom is -0.389 e. The number of aromatic nitrogens is 2. The average Bonchev–Trinajstić information content (AvgIpc) is 3.32. The molecule has 0 radical (unpaired) electrons. The molecule has 0 aromatic carbocycles. The summed E-state index contributed by atoms with van der Waals surface area (Å²) in [5.74, 6) is 0.117. The molecule has 156 valence electrons. The van der Waals surface area contributed by atoms with E-state index in [1.807, 2.05) is 9.80 Å². The number of likely N-dealkylation sites (tertiary alicyclic amines) is 3. The number of hydrogen-bond donors (Lipinski definition) is 2. The molecule has 0 spiro atoms. The van der Waals surface area contributed by atoms with Gasteiger partial charge in [-0.3, -0.25) is 10.00 Å². The van der Waals surface area contributed by atoms with Crippen LogP contribution in [0.4, 0.5) is 4.79 Å². The van der Waals surface area contributed by atoms with Crippen LogP contribution in [0.3, 0.4) is 0 Å². The van der Waals surface area contributed by atoms with E-state index in [0.29, 0.717) is 19.5 Å². The highest BCUT2D eigenvalue weighted by Crippen LogP contribution is 2.36. The SMILES string of the molecule is CC(C)(C)c1cc(CN2CC[C@@]3(O)CCN(C(=O)N4CCCC4)C[C@H]3C2)[nH]n1. The number of carbonyl (C=O) groups excluding carboxylic acids is 1. The molecule has 2 N–H and O–H groups in total. The zero-order valence-electron chi connectivity index (χ0n) is 17.6. The summed E-state index contributed by atoms with van der Waals surface area (Å²) in [6, 6.07) is 2.32. The van der Waals surface area contributed by atoms with Crippen molar-refractivity contribution in [1.82, 2.24) is 24.9 Å². The molecule has 0 aliphatic carbocycles. The lowest BCUT2D eigenvalue weighted by Crippen LogP contribution is -2.61. The number of nitrogens with one attached hydrogen (secondary N) is 1. The first-order valence-electron chi connectivity index (χ1n) is 10.8. The normalized spacial score (nSPS) is 29.2. The monoisotopic (exact) mass is 389 g/mol. The third-order valence-electron chi connectivity index (χ3n) is 6.80. The van der Waals surface area contributed by atoms with Crippen molar-refractivity contribution in [2.75, 3.05) is 39.3 Å². The summed E-state index contributed by atoms with van der Waals surface area (Å²) in [6.45, 7) is 12.1. The van der Waals surface area contributed by atoms with E-state index in [4.69, 9.17) is 0 Å². The molecule has 2 amide bonds. The number of H-pyrrole nitrogens is 1. The van der Waals surface area contributed by atoms with Crippen LogP contribution in [0.1, 0.15) is 57.8 Å². The smallest absolute Gasteiger partial charge is 0.320 e. The molecule has 4 heterocycles. The molecule has 1 aromatic rings. The molecule has 3 aliphatic heterocycles. The summed E-state index contributed by atoms with van der Waals surface area (Å²) in [6.07, 6.45) is 3.70. The predicted molar refractivity (Wildman–Crippen MR) is 108 cm³/mol. The van der Waals surface area contributed by atoms with Gasteiger partial charge in [0.2, 0.25) is 0 Å². The molecular weight excluding hydrogens is 354 g/mol. The topological polar surface area (TPSA) is 75.7 Å². The van der Waals surface area contributed by atoms with Gasteiger partial charge in [0.25, 0.3) is 0 Å². The molecule has 0 bridgehead atoms. The van der Waals surface area contributed by atoms with Crippen molar-refractivity contribution < 1.29 is 9.90 Å². The highest BCUT2D eigenvalue weighted by atomic mass is 16.3. The number of piperidine rings is 2. The lowest BCUT2D eigenvalue weighted by Gasteiger charge is -2.50. The van der Waals surface area contributed by atoms with E-state index in [2.05, 4.69) is 41.9 Å². The van der Waals surface area contributed by atoms with Gasteiger partial charge in [-0.1, -0.05) is 20.8 Å². The summed E-state index contributed by atoms with van der Waals surface area (Å²) in [5, 5.41) is 18.8. The van der Waals surface area contributed by atoms with E-state index in [-0.39, 0.29) is 17.4 Å². The third-order valence-corrected chi connectivity index (χ3v) is 6.80. The van der Waals surface area contributed by atoms with Crippen LogP contribution < -0.4 is 0 Å². The second-order valence-corrected chi connectivity index (χ2v) is 9.99. The van der Waals surface area contributed by atoms with Gasteiger partial charge in [-0.25, -0.2) is 4.79 Å². The predicted octanol–water partition coefficient (Wildman–Crippen LogP) is 2.18. The fraction of sp³-hybridized carbons (Fsp3) is 0.810. The Morgan fingerprint density at radius 1 is 1.18 bits per heavy atom. The Bertz CT molecular complexity index is 706. The molecule has 1 aromatic heterocycles. The summed E-state index contributed by atoms with van der Waals surface area (Å²) in [5.41, 5.74) is 1.62. The number of aromatic amines is 1. The maximum absolute atomic E-state index is 12.8. The lowest BCUT2D eigenvalue weighted by molar-refractivity contribution is -0.108. The highest BCUT2D eigenvalue weighted by Gasteiger charge is 2.46. The minimum atomic E-state index is -0.622. The van der Waals surface area contributed by atoms with Gasteiger partial charge in [-0.2, -0.15) is 5.10 Å². The highest BCUT2D eigenvalue weighted by molar-refractivity contribution is 5.74. The summed E-state index contributed by atoms with van der Waals surface area (Å²) < 4.78 is 0. The van der Waals surface area contributed by atoms with Crippen LogP contribution in [-0.2, 0) is 12.0 Å². The number of aliphatic hydroxyl groups is 1. The van der Waals surface area contributed by atoms with Gasteiger partial charge >= 0.3 is 6.03 Å². The van der Waals surface area contributed by atoms with Crippen LogP contribution in [0.15, 0.2) is 6.07 Å². The molecule has 3 aliphatic rings. The van der Waals surface area contributed by atoms with Crippen molar-refractivity contribution in [3.05, 3.63) is 17.5 Å². The van der Waals surface area contributed by atoms with E-state index >= 15 is 0 Å². The zero-order chi connectivity index (χ0) is 19.9. The maximum Gasteiger partial charge on any atom is 0.320 e. The molecule has 28 heavy (non-hydrogen) atoms. The van der Waals surface area contributed by atoms with E-state index in [9.17, 15) is 9.90 Å². The van der Waals surface area contributed by atoms with Crippen molar-refractivity contribution in [2.45, 2.75) is 64.0 Å². The largest absolute Gasteiger partial charge is 0.389 e. The quantitative estimate of drug-likeness (QED) is 0.813. The van der Waals surface area contributed by atoms with Gasteiger partial charge in [-0.05, 0) is 31.7 Å². The van der Waals surface area contributed by atoms with E-state index in [1.54, 1.807) is 0 Å². The van der Waals surface area contributed by atoms with Gasteiger partial charge < -0.3 is 14.9 Å². The van der Waals surface area contributed by atoms with Crippen molar-refractivity contribution in [2.24, 2.45) is 5.92 Å². The van der Waals surface area contributed by atoms with Gasteiger partial charge in [0.05, 0.1) is 11.3 Å². The minimum absolute atomic E-state index is 0.0384. The second kappa shape index (κ2) is 7.34. The third kappa shape index (κ3) is 3.92. The Kier molecular flexibility index (Phi) is 5.16. The zero-order valence-corrected chi connectivity index (χ0v) is 17.6. The molecule has 4 rings (SSSR count). The van der Waals surface area contributed by atoms with Crippen molar-refractivity contribution in [3.63, 3.8) is 0 Å². The van der Waals surface area contributed by atoms with Crippen LogP contribution in [0.2, 0.25) is 0 Å². The van der Waals surface area contributed by atoms with Crippen molar-refractivity contribution in [1.29, 1.82) is 0 Å². The summed E-state index contributed by atoms with van der Waals surface area (Å²) >= 11 is 0. The standard InChI is InChI=1S/C21H35N5O2/c1-20(2,3)18-12-17(22-23-18)15-24-10-6-21(28)7-11-26(14-16(21)13-24)19(27)25-8-4-5-9-25/h12,16,28H,4-11,13-15H2,1-3H3,(H,22,23)/t16-,21-/m1/s1. The number of urea groups is 1. The molecule has 3 fully saturated rings. The molecule has 0 saturated carbocycles. The first-order chi connectivity index (χ1) is 13.2. The molecule has 2 atom stereocenters. The molecule has 7 nitrogen and oxygen atoms in total. The van der Waals surface area contributed by atoms with Gasteiger partial charge in [0.15, 0.2) is 0 Å². The van der Waals surface area contributed by atoms with E-state index in [0.717, 1.165) is 63.4 Å². The van der Waals surface area contributed by atoms with Crippen molar-refractivity contribution in [3.8, 4) is 0 Å². The van der Waals surface area contributed by atoms with Crippen molar-refractivity contribution >= 4 is 6.03 Å². The fourth-order valence-corrected chi connectivity index (χ4v) is 4.86. The maximum atomic E-state index is 12.8. The van der Waals surface area contributed by atoms with Gasteiger partial charge in [0, 0.05) is 62.8 Å². The number of hydrogen-bond acceptors (Lipinski definition) is 4. The van der Waals surface area contributed by atoms with Gasteiger partial charge in [-0.15, -0.1) is 0 Å². The van der Waals surface area contributed by atoms with Crippen LogP contribution >= 0.6 is 0 Å². The second-order valence-electron chi connectivity index (χ2n) is 9.99. The first kappa shape index (κ1) is 19.7. The number of amides is 2. The Labute approximate surface area is 168 Å². The summed E-state index contributed by atoms with van der Waals surface area (Å²) in [4.78, 5) is 19.1. The Morgan fingerprint density at radius 3 is 2.57 bits per heavy atom. The van der Waals surface area contributed by atoms with Crippen LogP contribution in [-0.4, -0.2) is 80.9 Å². The number of rotatable bonds is 2. The number of nitrogens with zero attached hydrogens (tertiary/aromatic N) is 4. The van der Waals surface area contributed by atoms with Crippen LogP contribution in [0.5, 0.6) is 0 Å². The van der Waals surface area contributed by atoms with Crippen LogP contribution in [0, 0.1) is 5.92 Å². The van der Waals surface area contributed by atoms with Gasteiger partial charge in [0.1, 0.15) is 0 Å². The van der Waals surface area contributed by atoms with E-state index in [1.165, 1.54) is 0 Å². The average molecular weight is 390 g/mol. The number of carbonyl (C=O) groups is 1. The van der Waals surface area contributed by atoms with E-state index < -0.39 is 5.60 Å². The Balaban J connectivity index is 1.39. The lowest BCUT2D eigenvalue weighted by atomic mass is 9.75. The molecular formula is C21H35N5O2. The first-order valence-corrected chi connectivity index (χ1v) is 10.8. The Morgan fingerprint density at radius 2 is 1.89 bits per heavy atom.